The van der Waals surface area contributed by atoms with Crippen LogP contribution in [0.1, 0.15) is 40.5 Å². The molecule has 0 bridgehead atoms. The van der Waals surface area contributed by atoms with Crippen molar-refractivity contribution in [2.75, 3.05) is 39.3 Å². The Hall–Kier alpha value is -0.810. The Morgan fingerprint density at radius 1 is 1.20 bits per heavy atom. The zero-order valence-corrected chi connectivity index (χ0v) is 13.5. The second-order valence-corrected chi connectivity index (χ2v) is 6.78. The molecule has 1 rings (SSSR count). The highest BCUT2D eigenvalue weighted by Crippen LogP contribution is 2.13. The summed E-state index contributed by atoms with van der Waals surface area (Å²) < 4.78 is 5.40. The zero-order valence-electron chi connectivity index (χ0n) is 13.5. The summed E-state index contributed by atoms with van der Waals surface area (Å²) in [7, 11) is 0. The van der Waals surface area contributed by atoms with Gasteiger partial charge in [0, 0.05) is 26.2 Å². The summed E-state index contributed by atoms with van der Waals surface area (Å²) in [5.41, 5.74) is 5.16. The highest BCUT2D eigenvalue weighted by atomic mass is 16.6. The van der Waals surface area contributed by atoms with Gasteiger partial charge in [-0.05, 0) is 52.6 Å². The number of piperazine rings is 1. The van der Waals surface area contributed by atoms with Crippen molar-refractivity contribution in [1.82, 2.24) is 9.80 Å². The van der Waals surface area contributed by atoms with Crippen LogP contribution >= 0.6 is 0 Å². The van der Waals surface area contributed by atoms with Crippen LogP contribution in [-0.4, -0.2) is 60.8 Å². The molecule has 118 valence electrons. The number of nitrogens with two attached hydrogens (primary N) is 1. The van der Waals surface area contributed by atoms with Gasteiger partial charge in [0.15, 0.2) is 0 Å². The highest BCUT2D eigenvalue weighted by Gasteiger charge is 2.25. The molecule has 1 aliphatic heterocycles. The van der Waals surface area contributed by atoms with E-state index in [4.69, 9.17) is 10.5 Å². The van der Waals surface area contributed by atoms with Gasteiger partial charge in [-0.1, -0.05) is 6.92 Å². The lowest BCUT2D eigenvalue weighted by Crippen LogP contribution is -2.50. The van der Waals surface area contributed by atoms with Gasteiger partial charge < -0.3 is 15.4 Å². The molecule has 0 aromatic carbocycles. The molecule has 1 unspecified atom stereocenters. The predicted octanol–water partition coefficient (Wildman–Crippen LogP) is 1.91. The molecule has 5 heteroatoms. The summed E-state index contributed by atoms with van der Waals surface area (Å²) in [5, 5.41) is 0. The van der Waals surface area contributed by atoms with Crippen LogP contribution in [0.15, 0.2) is 0 Å². The van der Waals surface area contributed by atoms with Crippen molar-refractivity contribution in [1.29, 1.82) is 0 Å². The first-order valence-corrected chi connectivity index (χ1v) is 7.72. The normalized spacial score (nSPS) is 18.9. The van der Waals surface area contributed by atoms with Crippen LogP contribution in [-0.2, 0) is 4.74 Å². The van der Waals surface area contributed by atoms with Crippen LogP contribution in [0, 0.1) is 5.92 Å². The summed E-state index contributed by atoms with van der Waals surface area (Å²) in [6, 6.07) is 0. The van der Waals surface area contributed by atoms with Crippen molar-refractivity contribution >= 4 is 6.09 Å². The molecule has 0 spiro atoms. The summed E-state index contributed by atoms with van der Waals surface area (Å²) in [6.45, 7) is 13.2. The van der Waals surface area contributed by atoms with Crippen molar-refractivity contribution in [3.63, 3.8) is 0 Å². The largest absolute Gasteiger partial charge is 0.444 e. The van der Waals surface area contributed by atoms with E-state index in [0.29, 0.717) is 5.92 Å². The topological polar surface area (TPSA) is 58.8 Å². The number of ether oxygens (including phenoxy) is 1. The molecule has 1 amide bonds. The van der Waals surface area contributed by atoms with E-state index in [-0.39, 0.29) is 6.09 Å². The minimum atomic E-state index is -0.411. The Morgan fingerprint density at radius 3 is 2.30 bits per heavy atom. The van der Waals surface area contributed by atoms with E-state index in [9.17, 15) is 4.79 Å². The van der Waals surface area contributed by atoms with Crippen LogP contribution in [0.4, 0.5) is 4.79 Å². The molecule has 0 saturated carbocycles. The maximum atomic E-state index is 11.9. The second-order valence-electron chi connectivity index (χ2n) is 6.78. The third-order valence-corrected chi connectivity index (χ3v) is 3.62. The minimum absolute atomic E-state index is 0.186. The van der Waals surface area contributed by atoms with Crippen LogP contribution in [0.3, 0.4) is 0 Å². The Morgan fingerprint density at radius 2 is 1.80 bits per heavy atom. The van der Waals surface area contributed by atoms with Gasteiger partial charge in [0.05, 0.1) is 0 Å². The SMILES string of the molecule is CC(CCN)CCN1CCN(C(=O)OC(C)(C)C)CC1. The molecule has 2 N–H and O–H groups in total. The number of nitrogens with zero attached hydrogens (tertiary/aromatic N) is 2. The van der Waals surface area contributed by atoms with Gasteiger partial charge in [-0.2, -0.15) is 0 Å². The molecule has 1 heterocycles. The number of rotatable bonds is 5. The lowest BCUT2D eigenvalue weighted by atomic mass is 10.0. The second kappa shape index (κ2) is 7.84. The first kappa shape index (κ1) is 17.2. The zero-order chi connectivity index (χ0) is 15.2. The third kappa shape index (κ3) is 6.57. The van der Waals surface area contributed by atoms with Crippen LogP contribution in [0.5, 0.6) is 0 Å². The van der Waals surface area contributed by atoms with Gasteiger partial charge in [-0.3, -0.25) is 4.90 Å². The van der Waals surface area contributed by atoms with Gasteiger partial charge in [0.1, 0.15) is 5.60 Å². The monoisotopic (exact) mass is 285 g/mol. The number of hydrogen-bond donors (Lipinski definition) is 1. The fourth-order valence-electron chi connectivity index (χ4n) is 2.31. The molecule has 1 aliphatic rings. The van der Waals surface area contributed by atoms with Crippen LogP contribution < -0.4 is 5.73 Å². The molecule has 0 aromatic rings. The molecule has 0 aliphatic carbocycles. The van der Waals surface area contributed by atoms with Crippen LogP contribution in [0.2, 0.25) is 0 Å². The molecule has 1 atom stereocenters. The first-order valence-electron chi connectivity index (χ1n) is 7.72. The van der Waals surface area contributed by atoms with Gasteiger partial charge in [0.25, 0.3) is 0 Å². The third-order valence-electron chi connectivity index (χ3n) is 3.62. The molecule has 0 radical (unpaired) electrons. The highest BCUT2D eigenvalue weighted by molar-refractivity contribution is 5.68. The Balaban J connectivity index is 2.24. The average molecular weight is 285 g/mol. The molecular formula is C15H31N3O2. The number of amides is 1. The van der Waals surface area contributed by atoms with E-state index in [1.54, 1.807) is 0 Å². The van der Waals surface area contributed by atoms with Crippen molar-refractivity contribution in [3.05, 3.63) is 0 Å². The fraction of sp³-hybridized carbons (Fsp3) is 0.933. The smallest absolute Gasteiger partial charge is 0.410 e. The van der Waals surface area contributed by atoms with Crippen LogP contribution in [0.25, 0.3) is 0 Å². The van der Waals surface area contributed by atoms with E-state index in [1.165, 1.54) is 6.42 Å². The summed E-state index contributed by atoms with van der Waals surface area (Å²) in [4.78, 5) is 16.2. The maximum absolute atomic E-state index is 11.9. The molecule has 0 aromatic heterocycles. The molecular weight excluding hydrogens is 254 g/mol. The lowest BCUT2D eigenvalue weighted by Gasteiger charge is -2.35. The van der Waals surface area contributed by atoms with E-state index in [2.05, 4.69) is 11.8 Å². The van der Waals surface area contributed by atoms with Crippen molar-refractivity contribution in [3.8, 4) is 0 Å². The van der Waals surface area contributed by atoms with Gasteiger partial charge in [-0.15, -0.1) is 0 Å². The Kier molecular flexibility index (Phi) is 6.76. The van der Waals surface area contributed by atoms with Crippen molar-refractivity contribution in [2.45, 2.75) is 46.1 Å². The van der Waals surface area contributed by atoms with E-state index in [1.807, 2.05) is 25.7 Å². The Labute approximate surface area is 123 Å². The number of hydrogen-bond acceptors (Lipinski definition) is 4. The molecule has 1 saturated heterocycles. The van der Waals surface area contributed by atoms with Crippen molar-refractivity contribution < 1.29 is 9.53 Å². The lowest BCUT2D eigenvalue weighted by molar-refractivity contribution is 0.0141. The predicted molar refractivity (Wildman–Crippen MR) is 81.7 cm³/mol. The number of carbonyl (C=O) groups excluding carboxylic acids is 1. The standard InChI is InChI=1S/C15H31N3O2/c1-13(5-7-16)6-8-17-9-11-18(12-10-17)14(19)20-15(2,3)4/h13H,5-12,16H2,1-4H3. The summed E-state index contributed by atoms with van der Waals surface area (Å²) in [5.74, 6) is 0.684. The first-order chi connectivity index (χ1) is 9.31. The maximum Gasteiger partial charge on any atom is 0.410 e. The van der Waals surface area contributed by atoms with Gasteiger partial charge in [-0.25, -0.2) is 4.79 Å². The Bertz CT molecular complexity index is 294. The quantitative estimate of drug-likeness (QED) is 0.838. The molecule has 1 fully saturated rings. The van der Waals surface area contributed by atoms with Gasteiger partial charge in [0.2, 0.25) is 0 Å². The van der Waals surface area contributed by atoms with Gasteiger partial charge >= 0.3 is 6.09 Å². The molecule has 20 heavy (non-hydrogen) atoms. The van der Waals surface area contributed by atoms with E-state index in [0.717, 1.165) is 45.7 Å². The minimum Gasteiger partial charge on any atom is -0.444 e. The number of carbonyl (C=O) groups is 1. The van der Waals surface area contributed by atoms with Crippen molar-refractivity contribution in [2.24, 2.45) is 11.7 Å². The van der Waals surface area contributed by atoms with E-state index >= 15 is 0 Å². The average Bonchev–Trinajstić information content (AvgIpc) is 2.35. The summed E-state index contributed by atoms with van der Waals surface area (Å²) in [6.07, 6.45) is 2.09. The molecule has 5 nitrogen and oxygen atoms in total. The summed E-state index contributed by atoms with van der Waals surface area (Å²) >= 11 is 0. The van der Waals surface area contributed by atoms with E-state index < -0.39 is 5.60 Å². The fourth-order valence-corrected chi connectivity index (χ4v) is 2.31.